The smallest absolute Gasteiger partial charge is 0.316 e. The molecule has 4 N–H and O–H groups in total. The number of aliphatic hydroxyl groups is 4. The summed E-state index contributed by atoms with van der Waals surface area (Å²) in [7, 11) is 0. The SMILES string of the molecule is C.C#C[C@@H]1O[C@@H](O)[C@@H](O)[C@H](O)[C@@H]1O.C#C[C@@H]1O[C@@H](OC(=O)C(C)C)[C@@H](OC(=O)C(C)C)[C@H](OC(=O)C(C)C)[C@@H]1OC(=O)C(C)C.CC(C)C(=O)OC(=O)C(C)C. The van der Waals surface area contributed by atoms with Crippen LogP contribution >= 0.6 is 0 Å². The van der Waals surface area contributed by atoms with Crippen LogP contribution in [0, 0.1) is 60.2 Å². The zero-order valence-corrected chi connectivity index (χ0v) is 33.5. The number of hydrogen-bond donors (Lipinski definition) is 4. The fraction of sp³-hybridized carbons (Fsp3) is 0.744. The first-order valence-electron chi connectivity index (χ1n) is 17.8. The van der Waals surface area contributed by atoms with Crippen LogP contribution in [0.4, 0.5) is 0 Å². The van der Waals surface area contributed by atoms with E-state index in [9.17, 15) is 28.8 Å². The first kappa shape index (κ1) is 54.0. The van der Waals surface area contributed by atoms with Gasteiger partial charge in [-0.1, -0.05) is 102 Å². The minimum Gasteiger partial charge on any atom is -0.454 e. The van der Waals surface area contributed by atoms with Gasteiger partial charge in [-0.05, 0) is 0 Å². The summed E-state index contributed by atoms with van der Waals surface area (Å²) in [6.07, 6.45) is -3.21. The first-order valence-corrected chi connectivity index (χ1v) is 17.8. The lowest BCUT2D eigenvalue weighted by Crippen LogP contribution is -2.62. The highest BCUT2D eigenvalue weighted by Gasteiger charge is 2.54. The van der Waals surface area contributed by atoms with Crippen molar-refractivity contribution in [2.24, 2.45) is 35.5 Å². The number of ether oxygens (including phenoxy) is 7. The minimum atomic E-state index is -1.55. The summed E-state index contributed by atoms with van der Waals surface area (Å²) in [5.41, 5.74) is 0. The van der Waals surface area contributed by atoms with Gasteiger partial charge in [0.2, 0.25) is 12.4 Å². The van der Waals surface area contributed by atoms with Crippen molar-refractivity contribution in [3.63, 3.8) is 0 Å². The molecule has 17 heteroatoms. The van der Waals surface area contributed by atoms with Gasteiger partial charge in [-0.25, -0.2) is 0 Å². The first-order chi connectivity index (χ1) is 25.3. The van der Waals surface area contributed by atoms with Crippen LogP contribution in [0.25, 0.3) is 0 Å². The molecule has 2 aliphatic rings. The van der Waals surface area contributed by atoms with Gasteiger partial charge in [0.15, 0.2) is 24.6 Å². The summed E-state index contributed by atoms with van der Waals surface area (Å²) in [4.78, 5) is 71.1. The van der Waals surface area contributed by atoms with Crippen molar-refractivity contribution >= 4 is 35.8 Å². The number of aliphatic hydroxyl groups excluding tert-OH is 4. The van der Waals surface area contributed by atoms with E-state index in [2.05, 4.69) is 15.4 Å². The average Bonchev–Trinajstić information content (AvgIpc) is 3.10. The van der Waals surface area contributed by atoms with E-state index < -0.39 is 121 Å². The summed E-state index contributed by atoms with van der Waals surface area (Å²) in [5.74, 6) is -1.67. The molecule has 0 spiro atoms. The van der Waals surface area contributed by atoms with Gasteiger partial charge >= 0.3 is 35.8 Å². The lowest BCUT2D eigenvalue weighted by molar-refractivity contribution is -0.290. The standard InChI is InChI=1S/C23H34O9.C8H14O3.C7H10O5.CH4/c1-10-15-16(29-19(24)11(2)3)17(30-20(25)12(4)5)18(31-21(26)13(6)7)23(28-15)32-22(27)14(8)9;1-5(2)7(9)11-8(10)6(3)4;1-2-3-4(8)5(9)6(10)7(11)12-3;/h1,11-18,23H,2-9H3;5-6H,1-4H3;1,3-11H;1H4/t15-,16+,17+,18-,23-;;3-,4+,5+,6-,7+;/m0.0./s1. The lowest BCUT2D eigenvalue weighted by atomic mass is 9.97. The molecule has 2 rings (SSSR count). The van der Waals surface area contributed by atoms with Crippen LogP contribution in [0.1, 0.15) is 90.5 Å². The molecule has 2 aliphatic heterocycles. The van der Waals surface area contributed by atoms with Gasteiger partial charge in [0.1, 0.15) is 24.4 Å². The molecule has 320 valence electrons. The summed E-state index contributed by atoms with van der Waals surface area (Å²) in [6, 6.07) is 0. The molecule has 0 aromatic rings. The monoisotopic (exact) mass is 802 g/mol. The van der Waals surface area contributed by atoms with E-state index in [0.29, 0.717) is 0 Å². The van der Waals surface area contributed by atoms with E-state index in [1.54, 1.807) is 83.1 Å². The second-order valence-electron chi connectivity index (χ2n) is 14.5. The van der Waals surface area contributed by atoms with Gasteiger partial charge in [-0.15, -0.1) is 12.8 Å². The fourth-order valence-electron chi connectivity index (χ4n) is 3.82. The Morgan fingerprint density at radius 1 is 0.464 bits per heavy atom. The molecule has 0 amide bonds. The van der Waals surface area contributed by atoms with Crippen molar-refractivity contribution in [2.45, 2.75) is 152 Å². The van der Waals surface area contributed by atoms with Gasteiger partial charge in [-0.3, -0.25) is 28.8 Å². The summed E-state index contributed by atoms with van der Waals surface area (Å²) < 4.78 is 36.8. The quantitative estimate of drug-likeness (QED) is 0.106. The number of terminal acetylenes is 2. The molecular formula is C39H62O17. The molecule has 17 nitrogen and oxygen atoms in total. The van der Waals surface area contributed by atoms with Gasteiger partial charge in [-0.2, -0.15) is 0 Å². The van der Waals surface area contributed by atoms with Gasteiger partial charge < -0.3 is 53.6 Å². The van der Waals surface area contributed by atoms with Crippen molar-refractivity contribution in [3.05, 3.63) is 0 Å². The van der Waals surface area contributed by atoms with Crippen molar-refractivity contribution in [1.82, 2.24) is 0 Å². The number of hydrogen-bond acceptors (Lipinski definition) is 17. The Morgan fingerprint density at radius 2 is 0.804 bits per heavy atom. The normalized spacial score (nSPS) is 26.9. The molecule has 0 aromatic carbocycles. The highest BCUT2D eigenvalue weighted by atomic mass is 16.7. The molecule has 0 radical (unpaired) electrons. The predicted molar refractivity (Wildman–Crippen MR) is 198 cm³/mol. The van der Waals surface area contributed by atoms with E-state index >= 15 is 0 Å². The van der Waals surface area contributed by atoms with Gasteiger partial charge in [0, 0.05) is 0 Å². The van der Waals surface area contributed by atoms with Crippen LogP contribution in [0.15, 0.2) is 0 Å². The van der Waals surface area contributed by atoms with Crippen molar-refractivity contribution in [1.29, 1.82) is 0 Å². The molecule has 0 saturated carbocycles. The second-order valence-corrected chi connectivity index (χ2v) is 14.5. The van der Waals surface area contributed by atoms with Crippen LogP contribution in [-0.4, -0.2) is 118 Å². The maximum absolute atomic E-state index is 12.5. The fourth-order valence-corrected chi connectivity index (χ4v) is 3.82. The maximum Gasteiger partial charge on any atom is 0.316 e. The Hall–Kier alpha value is -4.10. The molecule has 0 aliphatic carbocycles. The number of rotatable bonds is 10. The Morgan fingerprint density at radius 3 is 1.16 bits per heavy atom. The third-order valence-electron chi connectivity index (χ3n) is 7.43. The Balaban J connectivity index is 0. The Labute approximate surface area is 330 Å². The lowest BCUT2D eigenvalue weighted by Gasteiger charge is -2.43. The maximum atomic E-state index is 12.5. The van der Waals surface area contributed by atoms with E-state index in [1.165, 1.54) is 0 Å². The molecule has 0 aromatic heterocycles. The molecule has 10 atom stereocenters. The van der Waals surface area contributed by atoms with Crippen molar-refractivity contribution in [3.8, 4) is 24.7 Å². The van der Waals surface area contributed by atoms with Crippen molar-refractivity contribution in [2.75, 3.05) is 0 Å². The van der Waals surface area contributed by atoms with Crippen molar-refractivity contribution < 1.29 is 82.4 Å². The molecular weight excluding hydrogens is 740 g/mol. The molecule has 0 bridgehead atoms. The van der Waals surface area contributed by atoms with Crippen LogP contribution in [-0.2, 0) is 61.9 Å². The van der Waals surface area contributed by atoms with Crippen LogP contribution in [0.3, 0.4) is 0 Å². The third kappa shape index (κ3) is 17.0. The van der Waals surface area contributed by atoms with Gasteiger partial charge in [0.25, 0.3) is 0 Å². The minimum absolute atomic E-state index is 0. The van der Waals surface area contributed by atoms with E-state index in [0.717, 1.165) is 0 Å². The van der Waals surface area contributed by atoms with Crippen LogP contribution < -0.4 is 0 Å². The molecule has 56 heavy (non-hydrogen) atoms. The largest absolute Gasteiger partial charge is 0.454 e. The zero-order valence-electron chi connectivity index (χ0n) is 33.5. The molecule has 2 heterocycles. The van der Waals surface area contributed by atoms with Crippen LogP contribution in [0.5, 0.6) is 0 Å². The second kappa shape index (κ2) is 25.2. The average molecular weight is 803 g/mol. The zero-order chi connectivity index (χ0) is 43.1. The topological polar surface area (TPSA) is 248 Å². The third-order valence-corrected chi connectivity index (χ3v) is 7.43. The number of esters is 6. The van der Waals surface area contributed by atoms with E-state index in [-0.39, 0.29) is 19.3 Å². The van der Waals surface area contributed by atoms with E-state index in [1.807, 2.05) is 5.92 Å². The molecule has 2 saturated heterocycles. The summed E-state index contributed by atoms with van der Waals surface area (Å²) in [6.45, 7) is 19.7. The number of carbonyl (C=O) groups excluding carboxylic acids is 6. The molecule has 2 fully saturated rings. The predicted octanol–water partition coefficient (Wildman–Crippen LogP) is 1.67. The van der Waals surface area contributed by atoms with E-state index in [4.69, 9.17) is 57.0 Å². The molecule has 0 unspecified atom stereocenters. The highest BCUT2D eigenvalue weighted by Crippen LogP contribution is 2.31. The van der Waals surface area contributed by atoms with Crippen LogP contribution in [0.2, 0.25) is 0 Å². The Bertz CT molecular complexity index is 1350. The summed E-state index contributed by atoms with van der Waals surface area (Å²) >= 11 is 0. The summed E-state index contributed by atoms with van der Waals surface area (Å²) in [5, 5.41) is 36.1. The number of carbonyl (C=O) groups is 6. The Kier molecular flexibility index (Phi) is 24.3. The van der Waals surface area contributed by atoms with Gasteiger partial charge in [0.05, 0.1) is 35.5 Å². The highest BCUT2D eigenvalue weighted by molar-refractivity contribution is 5.87.